The maximum absolute atomic E-state index is 13.0. The van der Waals surface area contributed by atoms with Gasteiger partial charge in [-0.05, 0) is 30.3 Å². The van der Waals surface area contributed by atoms with Crippen molar-refractivity contribution in [1.29, 1.82) is 5.26 Å². The molecule has 0 aliphatic carbocycles. The Morgan fingerprint density at radius 3 is 2.68 bits per heavy atom. The Morgan fingerprint density at radius 2 is 1.93 bits per heavy atom. The number of nitrogens with one attached hydrogen (secondary N) is 1. The number of aromatic nitrogens is 2. The highest BCUT2D eigenvalue weighted by Crippen LogP contribution is 2.25. The first-order valence-corrected chi connectivity index (χ1v) is 10.2. The van der Waals surface area contributed by atoms with E-state index in [1.165, 1.54) is 10.5 Å². The first-order valence-electron chi connectivity index (χ1n) is 8.72. The fourth-order valence-electron chi connectivity index (χ4n) is 3.32. The van der Waals surface area contributed by atoms with Gasteiger partial charge >= 0.3 is 0 Å². The zero-order valence-corrected chi connectivity index (χ0v) is 15.7. The molecule has 1 fully saturated rings. The number of nitriles is 1. The second-order valence-electron chi connectivity index (χ2n) is 6.44. The number of H-pyrrole nitrogens is 1. The summed E-state index contributed by atoms with van der Waals surface area (Å²) in [5.41, 5.74) is 1.37. The lowest BCUT2D eigenvalue weighted by Gasteiger charge is -2.34. The van der Waals surface area contributed by atoms with Gasteiger partial charge in [-0.15, -0.1) is 0 Å². The van der Waals surface area contributed by atoms with Crippen molar-refractivity contribution in [3.8, 4) is 6.07 Å². The SMILES string of the molecule is N#Cc1cccc(C(=O)N2CCN(S(=O)(=O)c3c[nH]c4ncccc34)CC2)c1. The summed E-state index contributed by atoms with van der Waals surface area (Å²) in [4.78, 5) is 21.5. The van der Waals surface area contributed by atoms with Crippen LogP contribution < -0.4 is 0 Å². The van der Waals surface area contributed by atoms with Crippen LogP contribution in [-0.2, 0) is 10.0 Å². The van der Waals surface area contributed by atoms with Crippen molar-refractivity contribution >= 4 is 27.0 Å². The van der Waals surface area contributed by atoms with Gasteiger partial charge in [-0.2, -0.15) is 9.57 Å². The number of pyridine rings is 1. The van der Waals surface area contributed by atoms with Crippen molar-refractivity contribution in [2.45, 2.75) is 4.90 Å². The minimum absolute atomic E-state index is 0.192. The van der Waals surface area contributed by atoms with Crippen LogP contribution in [0.4, 0.5) is 0 Å². The number of aromatic amines is 1. The molecule has 1 amide bonds. The molecule has 28 heavy (non-hydrogen) atoms. The number of amides is 1. The Hall–Kier alpha value is -3.22. The minimum atomic E-state index is -3.69. The fourth-order valence-corrected chi connectivity index (χ4v) is 4.89. The van der Waals surface area contributed by atoms with Crippen molar-refractivity contribution < 1.29 is 13.2 Å². The van der Waals surface area contributed by atoms with Crippen molar-refractivity contribution in [2.24, 2.45) is 0 Å². The van der Waals surface area contributed by atoms with Crippen LogP contribution >= 0.6 is 0 Å². The van der Waals surface area contributed by atoms with Crippen molar-refractivity contribution in [1.82, 2.24) is 19.2 Å². The molecule has 1 saturated heterocycles. The number of carbonyl (C=O) groups excluding carboxylic acids is 1. The highest BCUT2D eigenvalue weighted by Gasteiger charge is 2.32. The van der Waals surface area contributed by atoms with E-state index in [4.69, 9.17) is 5.26 Å². The van der Waals surface area contributed by atoms with Gasteiger partial charge in [-0.25, -0.2) is 13.4 Å². The highest BCUT2D eigenvalue weighted by atomic mass is 32.2. The molecule has 1 aromatic carbocycles. The molecule has 4 rings (SSSR count). The van der Waals surface area contributed by atoms with Crippen molar-refractivity contribution in [3.63, 3.8) is 0 Å². The molecule has 0 bridgehead atoms. The molecule has 3 aromatic rings. The summed E-state index contributed by atoms with van der Waals surface area (Å²) < 4.78 is 27.4. The third-order valence-corrected chi connectivity index (χ3v) is 6.73. The number of benzene rings is 1. The number of piperazine rings is 1. The lowest BCUT2D eigenvalue weighted by Crippen LogP contribution is -2.50. The van der Waals surface area contributed by atoms with Crippen molar-refractivity contribution in [3.05, 3.63) is 59.9 Å². The van der Waals surface area contributed by atoms with Gasteiger partial charge in [0.1, 0.15) is 10.5 Å². The summed E-state index contributed by atoms with van der Waals surface area (Å²) in [5, 5.41) is 9.54. The Morgan fingerprint density at radius 1 is 1.14 bits per heavy atom. The molecule has 0 saturated carbocycles. The zero-order valence-electron chi connectivity index (χ0n) is 14.9. The van der Waals surface area contributed by atoms with Gasteiger partial charge in [0.15, 0.2) is 0 Å². The first kappa shape index (κ1) is 18.2. The highest BCUT2D eigenvalue weighted by molar-refractivity contribution is 7.89. The van der Waals surface area contributed by atoms with Gasteiger partial charge in [-0.1, -0.05) is 6.07 Å². The monoisotopic (exact) mass is 395 g/mol. The topological polar surface area (TPSA) is 110 Å². The summed E-state index contributed by atoms with van der Waals surface area (Å²) in [6.45, 7) is 0.989. The molecule has 1 aliphatic heterocycles. The van der Waals surface area contributed by atoms with Gasteiger partial charge in [-0.3, -0.25) is 4.79 Å². The zero-order chi connectivity index (χ0) is 19.7. The van der Waals surface area contributed by atoms with Gasteiger partial charge in [0, 0.05) is 49.5 Å². The molecule has 2 aromatic heterocycles. The third-order valence-electron chi connectivity index (χ3n) is 4.80. The first-order chi connectivity index (χ1) is 13.5. The van der Waals surface area contributed by atoms with Crippen LogP contribution in [0.15, 0.2) is 53.7 Å². The minimum Gasteiger partial charge on any atom is -0.345 e. The van der Waals surface area contributed by atoms with E-state index < -0.39 is 10.0 Å². The van der Waals surface area contributed by atoms with Crippen LogP contribution in [0.1, 0.15) is 15.9 Å². The molecule has 142 valence electrons. The third kappa shape index (κ3) is 3.13. The smallest absolute Gasteiger partial charge is 0.253 e. The maximum Gasteiger partial charge on any atom is 0.253 e. The van der Waals surface area contributed by atoms with E-state index in [2.05, 4.69) is 9.97 Å². The summed E-state index contributed by atoms with van der Waals surface area (Å²) in [6, 6.07) is 11.9. The molecular weight excluding hydrogens is 378 g/mol. The Balaban J connectivity index is 1.50. The van der Waals surface area contributed by atoms with Gasteiger partial charge in [0.2, 0.25) is 10.0 Å². The molecule has 9 heteroatoms. The molecule has 0 unspecified atom stereocenters. The number of carbonyl (C=O) groups is 1. The van der Waals surface area contributed by atoms with Crippen molar-refractivity contribution in [2.75, 3.05) is 26.2 Å². The number of hydrogen-bond donors (Lipinski definition) is 1. The fraction of sp³-hybridized carbons (Fsp3) is 0.211. The quantitative estimate of drug-likeness (QED) is 0.724. The Kier molecular flexibility index (Phi) is 4.58. The van der Waals surface area contributed by atoms with E-state index in [0.29, 0.717) is 22.2 Å². The normalized spacial score (nSPS) is 15.5. The van der Waals surface area contributed by atoms with E-state index >= 15 is 0 Å². The molecular formula is C19H17N5O3S. The number of nitrogens with zero attached hydrogens (tertiary/aromatic N) is 4. The second kappa shape index (κ2) is 7.07. The average Bonchev–Trinajstić information content (AvgIpc) is 3.18. The lowest BCUT2D eigenvalue weighted by atomic mass is 10.1. The lowest BCUT2D eigenvalue weighted by molar-refractivity contribution is 0.0698. The standard InChI is InChI=1S/C19H17N5O3S/c20-12-14-3-1-4-15(11-14)19(25)23-7-9-24(10-8-23)28(26,27)17-13-22-18-16(17)5-2-6-21-18/h1-6,11,13H,7-10H2,(H,21,22). The van der Waals surface area contributed by atoms with E-state index in [1.54, 1.807) is 47.5 Å². The van der Waals surface area contributed by atoms with Crippen LogP contribution in [-0.4, -0.2) is 59.7 Å². The van der Waals surface area contributed by atoms with Crippen LogP contribution in [0.25, 0.3) is 11.0 Å². The summed E-state index contributed by atoms with van der Waals surface area (Å²) in [5.74, 6) is -0.203. The summed E-state index contributed by atoms with van der Waals surface area (Å²) >= 11 is 0. The molecule has 0 atom stereocenters. The number of sulfonamides is 1. The largest absolute Gasteiger partial charge is 0.345 e. The van der Waals surface area contributed by atoms with Crippen LogP contribution in [0.2, 0.25) is 0 Å². The predicted molar refractivity (Wildman–Crippen MR) is 102 cm³/mol. The van der Waals surface area contributed by atoms with Crippen LogP contribution in [0.3, 0.4) is 0 Å². The Bertz CT molecular complexity index is 1190. The summed E-state index contributed by atoms with van der Waals surface area (Å²) in [7, 11) is -3.69. The maximum atomic E-state index is 13.0. The molecule has 8 nitrogen and oxygen atoms in total. The van der Waals surface area contributed by atoms with E-state index in [0.717, 1.165) is 0 Å². The average molecular weight is 395 g/mol. The molecule has 3 heterocycles. The van der Waals surface area contributed by atoms with E-state index in [9.17, 15) is 13.2 Å². The van der Waals surface area contributed by atoms with Gasteiger partial charge < -0.3 is 9.88 Å². The molecule has 0 radical (unpaired) electrons. The number of rotatable bonds is 3. The molecule has 1 N–H and O–H groups in total. The second-order valence-corrected chi connectivity index (χ2v) is 8.35. The van der Waals surface area contributed by atoms with Crippen LogP contribution in [0, 0.1) is 11.3 Å². The summed E-state index contributed by atoms with van der Waals surface area (Å²) in [6.07, 6.45) is 3.05. The van der Waals surface area contributed by atoms with Crippen LogP contribution in [0.5, 0.6) is 0 Å². The van der Waals surface area contributed by atoms with E-state index in [1.807, 2.05) is 6.07 Å². The predicted octanol–water partition coefficient (Wildman–Crippen LogP) is 1.58. The molecule has 0 spiro atoms. The number of hydrogen-bond acceptors (Lipinski definition) is 5. The Labute approximate surface area is 162 Å². The molecule has 1 aliphatic rings. The van der Waals surface area contributed by atoms with E-state index in [-0.39, 0.29) is 37.0 Å². The van der Waals surface area contributed by atoms with Gasteiger partial charge in [0.05, 0.1) is 11.6 Å². The number of fused-ring (bicyclic) bond motifs is 1. The van der Waals surface area contributed by atoms with Gasteiger partial charge in [0.25, 0.3) is 5.91 Å².